The van der Waals surface area contributed by atoms with Gasteiger partial charge in [-0.25, -0.2) is 0 Å². The van der Waals surface area contributed by atoms with E-state index in [1.807, 2.05) is 0 Å². The highest BCUT2D eigenvalue weighted by molar-refractivity contribution is 7.85. The molecule has 1 atom stereocenters. The van der Waals surface area contributed by atoms with Crippen LogP contribution in [0.3, 0.4) is 0 Å². The summed E-state index contributed by atoms with van der Waals surface area (Å²) in [5.74, 6) is -0.250. The first-order valence-electron chi connectivity index (χ1n) is 3.41. The van der Waals surface area contributed by atoms with E-state index in [4.69, 9.17) is 10.3 Å². The molecule has 0 radical (unpaired) electrons. The van der Waals surface area contributed by atoms with Gasteiger partial charge in [0.1, 0.15) is 0 Å². The van der Waals surface area contributed by atoms with Crippen LogP contribution in [0.2, 0.25) is 0 Å². The lowest BCUT2D eigenvalue weighted by Gasteiger charge is -2.00. The van der Waals surface area contributed by atoms with E-state index in [2.05, 4.69) is 4.74 Å². The number of carbonyl (C=O) groups excluding carboxylic acids is 1. The molecule has 3 N–H and O–H groups in total. The molecule has 0 saturated carbocycles. The number of methoxy groups -OCH3 is 1. The fourth-order valence-electron chi connectivity index (χ4n) is 0.346. The van der Waals surface area contributed by atoms with Crippen LogP contribution in [-0.4, -0.2) is 38.3 Å². The van der Waals surface area contributed by atoms with Gasteiger partial charge in [0.2, 0.25) is 0 Å². The lowest BCUT2D eigenvalue weighted by Crippen LogP contribution is -2.20. The summed E-state index contributed by atoms with van der Waals surface area (Å²) in [5.41, 5.74) is 5.27. The van der Waals surface area contributed by atoms with Crippen LogP contribution in [0.1, 0.15) is 13.3 Å². The van der Waals surface area contributed by atoms with Gasteiger partial charge in [-0.05, 0) is 6.92 Å². The van der Waals surface area contributed by atoms with Gasteiger partial charge in [0.05, 0.1) is 19.8 Å². The van der Waals surface area contributed by atoms with Gasteiger partial charge >= 0.3 is 5.97 Å². The molecule has 13 heavy (non-hydrogen) atoms. The van der Waals surface area contributed by atoms with Gasteiger partial charge in [-0.1, -0.05) is 0 Å². The molecule has 6 nitrogen and oxygen atoms in total. The topological polar surface area (TPSA) is 107 Å². The molecule has 0 amide bonds. The van der Waals surface area contributed by atoms with Gasteiger partial charge in [-0.15, -0.1) is 0 Å². The van der Waals surface area contributed by atoms with Crippen molar-refractivity contribution in [3.8, 4) is 0 Å². The molecule has 7 heteroatoms. The molecule has 1 unspecified atom stereocenters. The van der Waals surface area contributed by atoms with Crippen molar-refractivity contribution in [3.05, 3.63) is 0 Å². The van der Waals surface area contributed by atoms with Crippen LogP contribution < -0.4 is 5.73 Å². The average Bonchev–Trinajstić information content (AvgIpc) is 1.82. The summed E-state index contributed by atoms with van der Waals surface area (Å²) < 4.78 is 30.2. The lowest BCUT2D eigenvalue weighted by molar-refractivity contribution is -0.140. The standard InChI is InChI=1S/C5H11NO2.CH4O3S/c1-4(6)3-5(7)8-2;1-5(2,3)4/h4H,3,6H2,1-2H3;1H3,(H,2,3,4). The molecule has 0 aromatic carbocycles. The molecule has 0 aliphatic heterocycles. The first-order valence-corrected chi connectivity index (χ1v) is 5.26. The van der Waals surface area contributed by atoms with Gasteiger partial charge in [0.15, 0.2) is 0 Å². The molecule has 0 heterocycles. The fraction of sp³-hybridized carbons (Fsp3) is 0.833. The third-order valence-corrected chi connectivity index (χ3v) is 0.716. The number of ether oxygens (including phenoxy) is 1. The second-order valence-electron chi connectivity index (χ2n) is 2.49. The Hall–Kier alpha value is -0.660. The predicted molar refractivity (Wildman–Crippen MR) is 47.8 cm³/mol. The van der Waals surface area contributed by atoms with Gasteiger partial charge in [-0.2, -0.15) is 8.42 Å². The predicted octanol–water partition coefficient (Wildman–Crippen LogP) is -0.599. The number of nitrogens with two attached hydrogens (primary N) is 1. The molecule has 0 spiro atoms. The van der Waals surface area contributed by atoms with Crippen LogP contribution in [-0.2, 0) is 19.6 Å². The number of hydrogen-bond acceptors (Lipinski definition) is 5. The van der Waals surface area contributed by atoms with Crippen molar-refractivity contribution in [1.82, 2.24) is 0 Å². The van der Waals surface area contributed by atoms with E-state index in [0.717, 1.165) is 0 Å². The Balaban J connectivity index is 0. The van der Waals surface area contributed by atoms with E-state index < -0.39 is 10.1 Å². The summed E-state index contributed by atoms with van der Waals surface area (Å²) in [7, 11) is -2.31. The summed E-state index contributed by atoms with van der Waals surface area (Å²) >= 11 is 0. The number of carbonyl (C=O) groups is 1. The summed E-state index contributed by atoms with van der Waals surface area (Å²) in [6.07, 6.45) is 1.02. The highest BCUT2D eigenvalue weighted by Crippen LogP contribution is 1.86. The Labute approximate surface area is 77.8 Å². The first-order chi connectivity index (χ1) is 5.66. The second-order valence-corrected chi connectivity index (χ2v) is 3.96. The normalized spacial score (nSPS) is 12.4. The molecular weight excluding hydrogens is 198 g/mol. The molecule has 0 aliphatic carbocycles. The molecule has 0 bridgehead atoms. The number of hydrogen-bond donors (Lipinski definition) is 2. The molecule has 0 rings (SSSR count). The maximum absolute atomic E-state index is 10.3. The van der Waals surface area contributed by atoms with Crippen molar-refractivity contribution in [2.24, 2.45) is 5.73 Å². The van der Waals surface area contributed by atoms with Crippen LogP contribution in [0.25, 0.3) is 0 Å². The smallest absolute Gasteiger partial charge is 0.307 e. The van der Waals surface area contributed by atoms with Crippen LogP contribution in [0.5, 0.6) is 0 Å². The van der Waals surface area contributed by atoms with Crippen LogP contribution in [0, 0.1) is 0 Å². The zero-order valence-corrected chi connectivity index (χ0v) is 8.67. The van der Waals surface area contributed by atoms with E-state index >= 15 is 0 Å². The molecule has 0 aliphatic rings. The molecule has 0 saturated heterocycles. The fourth-order valence-corrected chi connectivity index (χ4v) is 0.346. The van der Waals surface area contributed by atoms with Crippen LogP contribution in [0.15, 0.2) is 0 Å². The van der Waals surface area contributed by atoms with Gasteiger partial charge in [0.25, 0.3) is 10.1 Å². The zero-order chi connectivity index (χ0) is 11.1. The number of esters is 1. The number of rotatable bonds is 2. The van der Waals surface area contributed by atoms with Gasteiger partial charge in [0, 0.05) is 6.04 Å². The maximum atomic E-state index is 10.3. The summed E-state index contributed by atoms with van der Waals surface area (Å²) in [4.78, 5) is 10.3. The minimum absolute atomic E-state index is 0.0950. The first kappa shape index (κ1) is 14.8. The molecule has 80 valence electrons. The van der Waals surface area contributed by atoms with Gasteiger partial charge in [-0.3, -0.25) is 9.35 Å². The Kier molecular flexibility index (Phi) is 7.78. The SMILES string of the molecule is COC(=O)CC(C)N.CS(=O)(=O)O. The van der Waals surface area contributed by atoms with Crippen molar-refractivity contribution >= 4 is 16.1 Å². The highest BCUT2D eigenvalue weighted by atomic mass is 32.2. The summed E-state index contributed by atoms with van der Waals surface area (Å²) in [6.45, 7) is 1.76. The third kappa shape index (κ3) is 34.7. The monoisotopic (exact) mass is 213 g/mol. The van der Waals surface area contributed by atoms with Crippen molar-refractivity contribution in [2.45, 2.75) is 19.4 Å². The van der Waals surface area contributed by atoms with Crippen molar-refractivity contribution < 1.29 is 22.5 Å². The second kappa shape index (κ2) is 6.81. The summed E-state index contributed by atoms with van der Waals surface area (Å²) in [5, 5.41) is 0. The quantitative estimate of drug-likeness (QED) is 0.468. The summed E-state index contributed by atoms with van der Waals surface area (Å²) in [6, 6.07) is -0.0950. The molecular formula is C6H15NO5S. The third-order valence-electron chi connectivity index (χ3n) is 0.716. The lowest BCUT2D eigenvalue weighted by atomic mass is 10.3. The Morgan fingerprint density at radius 1 is 1.62 bits per heavy atom. The highest BCUT2D eigenvalue weighted by Gasteiger charge is 2.01. The largest absolute Gasteiger partial charge is 0.469 e. The minimum atomic E-state index is -3.67. The van der Waals surface area contributed by atoms with E-state index in [-0.39, 0.29) is 12.0 Å². The van der Waals surface area contributed by atoms with E-state index in [1.54, 1.807) is 6.92 Å². The average molecular weight is 213 g/mol. The van der Waals surface area contributed by atoms with E-state index in [1.165, 1.54) is 7.11 Å². The van der Waals surface area contributed by atoms with Crippen LogP contribution in [0.4, 0.5) is 0 Å². The minimum Gasteiger partial charge on any atom is -0.469 e. The zero-order valence-electron chi connectivity index (χ0n) is 7.85. The van der Waals surface area contributed by atoms with Crippen LogP contribution >= 0.6 is 0 Å². The Bertz CT molecular complexity index is 225. The van der Waals surface area contributed by atoms with Gasteiger partial charge < -0.3 is 10.5 Å². The Morgan fingerprint density at radius 3 is 2.00 bits per heavy atom. The van der Waals surface area contributed by atoms with Crippen molar-refractivity contribution in [1.29, 1.82) is 0 Å². The van der Waals surface area contributed by atoms with Crippen molar-refractivity contribution in [2.75, 3.05) is 13.4 Å². The molecule has 0 aromatic heterocycles. The molecule has 0 fully saturated rings. The maximum Gasteiger partial charge on any atom is 0.307 e. The van der Waals surface area contributed by atoms with E-state index in [9.17, 15) is 13.2 Å². The van der Waals surface area contributed by atoms with E-state index in [0.29, 0.717) is 12.7 Å². The molecule has 0 aromatic rings. The van der Waals surface area contributed by atoms with Crippen molar-refractivity contribution in [3.63, 3.8) is 0 Å². The Morgan fingerprint density at radius 2 is 1.92 bits per heavy atom.